The zero-order valence-corrected chi connectivity index (χ0v) is 36.0. The Bertz CT molecular complexity index is 3790. The van der Waals surface area contributed by atoms with Crippen molar-refractivity contribution in [2.75, 3.05) is 4.90 Å². The maximum Gasteiger partial charge on any atom is 0.0645 e. The average Bonchev–Trinajstić information content (AvgIpc) is 3.77. The molecular formula is C64H44N2. The molecule has 0 N–H and O–H groups in total. The highest BCUT2D eigenvalue weighted by Gasteiger charge is 2.19. The van der Waals surface area contributed by atoms with E-state index in [4.69, 9.17) is 0 Å². The molecule has 0 bridgehead atoms. The van der Waals surface area contributed by atoms with E-state index in [0.717, 1.165) is 82.8 Å². The number of hydrogen-bond acceptors (Lipinski definition) is 1. The normalized spacial score (nSPS) is 12.2. The monoisotopic (exact) mass is 844 g/mol. The average molecular weight is 845 g/mol. The molecule has 1 heterocycles. The van der Waals surface area contributed by atoms with Gasteiger partial charge in [-0.25, -0.2) is 0 Å². The van der Waals surface area contributed by atoms with Gasteiger partial charge in [0.1, 0.15) is 0 Å². The summed E-state index contributed by atoms with van der Waals surface area (Å²) in [5, 5.41) is 4.43. The van der Waals surface area contributed by atoms with Crippen LogP contribution in [0.4, 0.5) is 17.1 Å². The SMILES string of the molecule is [2H]c1c([2H])c(N(c2ccc(-c3ccccc3)cc2)c2ccc(-c3ccccc3)cc2)c([2H])c([2H])c1-c1cc(-c2ccc3ccccc3c2)cc(-c2cccc3c2c2ccccc2n3-c2ccccc2)c1. The van der Waals surface area contributed by atoms with Crippen molar-refractivity contribution in [2.24, 2.45) is 0 Å². The van der Waals surface area contributed by atoms with Gasteiger partial charge in [-0.15, -0.1) is 0 Å². The Morgan fingerprint density at radius 1 is 0.303 bits per heavy atom. The Morgan fingerprint density at radius 2 is 0.803 bits per heavy atom. The Kier molecular flexibility index (Phi) is 8.82. The summed E-state index contributed by atoms with van der Waals surface area (Å²) in [4.78, 5) is 1.86. The summed E-state index contributed by atoms with van der Waals surface area (Å²) in [7, 11) is 0. The predicted octanol–water partition coefficient (Wildman–Crippen LogP) is 17.7. The second kappa shape index (κ2) is 16.8. The first-order valence-corrected chi connectivity index (χ1v) is 22.3. The van der Waals surface area contributed by atoms with E-state index in [1.807, 2.05) is 120 Å². The molecule has 0 aliphatic rings. The molecule has 0 atom stereocenters. The molecule has 0 spiro atoms. The quantitative estimate of drug-likeness (QED) is 0.141. The van der Waals surface area contributed by atoms with Gasteiger partial charge in [-0.2, -0.15) is 0 Å². The minimum atomic E-state index is -0.138. The molecule has 2 heteroatoms. The summed E-state index contributed by atoms with van der Waals surface area (Å²) in [6, 6.07) is 82.2. The van der Waals surface area contributed by atoms with Crippen LogP contribution >= 0.6 is 0 Å². The van der Waals surface area contributed by atoms with Crippen molar-refractivity contribution in [2.45, 2.75) is 0 Å². The van der Waals surface area contributed by atoms with Crippen molar-refractivity contribution < 1.29 is 5.48 Å². The number of nitrogens with zero attached hydrogens (tertiary/aromatic N) is 2. The van der Waals surface area contributed by atoms with Crippen LogP contribution in [0.2, 0.25) is 0 Å². The minimum absolute atomic E-state index is 0.122. The Balaban J connectivity index is 1.06. The molecule has 0 aliphatic heterocycles. The summed E-state index contributed by atoms with van der Waals surface area (Å²) in [6.07, 6.45) is 0. The zero-order valence-electron chi connectivity index (χ0n) is 40.0. The lowest BCUT2D eigenvalue weighted by molar-refractivity contribution is 1.18. The molecule has 66 heavy (non-hydrogen) atoms. The lowest BCUT2D eigenvalue weighted by Gasteiger charge is -2.26. The van der Waals surface area contributed by atoms with Crippen LogP contribution in [-0.4, -0.2) is 4.57 Å². The standard InChI is InChI=1S/C64H44N2/c1-4-15-45(16-5-1)48-29-35-57(36-30-48)65(58-37-31-49(32-38-58)46-17-6-2-7-18-46)59-39-33-50(34-40-59)53-42-54(52-28-27-47-19-10-11-20-51(47)41-52)44-55(43-53)60-24-14-26-63-64(60)61-23-12-13-25-62(61)66(63)56-21-8-3-9-22-56/h1-44H/i33D,34D,39D,40D. The fourth-order valence-corrected chi connectivity index (χ4v) is 9.41. The van der Waals surface area contributed by atoms with Crippen molar-refractivity contribution in [3.05, 3.63) is 267 Å². The predicted molar refractivity (Wildman–Crippen MR) is 280 cm³/mol. The molecule has 0 amide bonds. The largest absolute Gasteiger partial charge is 0.311 e. The third-order valence-corrected chi connectivity index (χ3v) is 12.6. The molecule has 2 nitrogen and oxygen atoms in total. The molecule has 310 valence electrons. The Hall–Kier alpha value is -8.72. The summed E-state index contributed by atoms with van der Waals surface area (Å²) in [6.45, 7) is 0. The second-order valence-corrected chi connectivity index (χ2v) is 16.6. The first kappa shape index (κ1) is 34.7. The fourth-order valence-electron chi connectivity index (χ4n) is 9.41. The minimum Gasteiger partial charge on any atom is -0.311 e. The van der Waals surface area contributed by atoms with Crippen molar-refractivity contribution in [1.82, 2.24) is 4.57 Å². The first-order chi connectivity index (χ1) is 34.4. The highest BCUT2D eigenvalue weighted by molar-refractivity contribution is 6.16. The molecule has 11 aromatic carbocycles. The number of hydrogen-bond donors (Lipinski definition) is 0. The van der Waals surface area contributed by atoms with Crippen LogP contribution in [0.3, 0.4) is 0 Å². The van der Waals surface area contributed by atoms with Crippen molar-refractivity contribution in [1.29, 1.82) is 0 Å². The smallest absolute Gasteiger partial charge is 0.0645 e. The van der Waals surface area contributed by atoms with Crippen LogP contribution < -0.4 is 4.90 Å². The molecule has 12 rings (SSSR count). The summed E-state index contributed by atoms with van der Waals surface area (Å²) in [5.41, 5.74) is 13.6. The van der Waals surface area contributed by atoms with E-state index in [0.29, 0.717) is 16.9 Å². The molecule has 0 aliphatic carbocycles. The van der Waals surface area contributed by atoms with Gasteiger partial charge in [0.2, 0.25) is 0 Å². The lowest BCUT2D eigenvalue weighted by atomic mass is 9.91. The van der Waals surface area contributed by atoms with Crippen LogP contribution in [0.25, 0.3) is 93.9 Å². The van der Waals surface area contributed by atoms with Gasteiger partial charge in [0, 0.05) is 33.5 Å². The topological polar surface area (TPSA) is 8.17 Å². The number of aromatic nitrogens is 1. The summed E-state index contributed by atoms with van der Waals surface area (Å²) >= 11 is 0. The van der Waals surface area contributed by atoms with E-state index >= 15 is 0 Å². The third-order valence-electron chi connectivity index (χ3n) is 12.6. The zero-order chi connectivity index (χ0) is 47.3. The molecule has 0 fully saturated rings. The van der Waals surface area contributed by atoms with Crippen LogP contribution in [0.15, 0.2) is 267 Å². The van der Waals surface area contributed by atoms with Gasteiger partial charge in [-0.3, -0.25) is 0 Å². The number of fused-ring (bicyclic) bond motifs is 4. The van der Waals surface area contributed by atoms with Gasteiger partial charge in [-0.05, 0) is 151 Å². The molecule has 0 unspecified atom stereocenters. The number of rotatable bonds is 9. The van der Waals surface area contributed by atoms with Gasteiger partial charge in [0.05, 0.1) is 16.5 Å². The van der Waals surface area contributed by atoms with Crippen molar-refractivity contribution >= 4 is 49.6 Å². The fraction of sp³-hybridized carbons (Fsp3) is 0. The van der Waals surface area contributed by atoms with Crippen LogP contribution in [0.5, 0.6) is 0 Å². The number of anilines is 3. The molecular weight excluding hydrogens is 797 g/mol. The highest BCUT2D eigenvalue weighted by Crippen LogP contribution is 2.43. The van der Waals surface area contributed by atoms with Crippen molar-refractivity contribution in [3.63, 3.8) is 0 Å². The van der Waals surface area contributed by atoms with E-state index in [9.17, 15) is 5.48 Å². The van der Waals surface area contributed by atoms with E-state index in [1.54, 1.807) is 0 Å². The van der Waals surface area contributed by atoms with Gasteiger partial charge in [-0.1, -0.05) is 182 Å². The van der Waals surface area contributed by atoms with Gasteiger partial charge < -0.3 is 9.47 Å². The molecule has 12 aromatic rings. The molecule has 1 aromatic heterocycles. The lowest BCUT2D eigenvalue weighted by Crippen LogP contribution is -2.09. The second-order valence-electron chi connectivity index (χ2n) is 16.6. The van der Waals surface area contributed by atoms with E-state index in [2.05, 4.69) is 132 Å². The maximum atomic E-state index is 9.90. The molecule has 0 saturated carbocycles. The van der Waals surface area contributed by atoms with Gasteiger partial charge >= 0.3 is 0 Å². The number of para-hydroxylation sites is 2. The van der Waals surface area contributed by atoms with E-state index in [1.165, 1.54) is 0 Å². The highest BCUT2D eigenvalue weighted by atomic mass is 15.1. The summed E-state index contributed by atoms with van der Waals surface area (Å²) in [5.74, 6) is 0. The van der Waals surface area contributed by atoms with Crippen LogP contribution in [0.1, 0.15) is 5.48 Å². The molecule has 0 saturated heterocycles. The van der Waals surface area contributed by atoms with Crippen molar-refractivity contribution in [3.8, 4) is 61.3 Å². The maximum absolute atomic E-state index is 9.90. The van der Waals surface area contributed by atoms with E-state index < -0.39 is 0 Å². The van der Waals surface area contributed by atoms with Crippen LogP contribution in [-0.2, 0) is 0 Å². The third kappa shape index (κ3) is 7.21. The Morgan fingerprint density at radius 3 is 1.45 bits per heavy atom. The Labute approximate surface area is 391 Å². The molecule has 0 radical (unpaired) electrons. The first-order valence-electron chi connectivity index (χ1n) is 24.3. The van der Waals surface area contributed by atoms with Gasteiger partial charge in [0.15, 0.2) is 0 Å². The number of benzene rings is 11. The van der Waals surface area contributed by atoms with E-state index in [-0.39, 0.29) is 35.4 Å². The summed E-state index contributed by atoms with van der Waals surface area (Å²) < 4.78 is 41.9. The van der Waals surface area contributed by atoms with Crippen LogP contribution in [0, 0.1) is 0 Å². The van der Waals surface area contributed by atoms with Gasteiger partial charge in [0.25, 0.3) is 0 Å².